The van der Waals surface area contributed by atoms with Crippen LogP contribution >= 0.6 is 0 Å². The van der Waals surface area contributed by atoms with E-state index in [9.17, 15) is 19.5 Å². The molecule has 6 nitrogen and oxygen atoms in total. The monoisotopic (exact) mass is 666 g/mol. The molecule has 0 bridgehead atoms. The van der Waals surface area contributed by atoms with Gasteiger partial charge in [0.1, 0.15) is 12.4 Å². The second kappa shape index (κ2) is 12.2. The Labute approximate surface area is 291 Å². The van der Waals surface area contributed by atoms with Gasteiger partial charge in [0.15, 0.2) is 0 Å². The highest BCUT2D eigenvalue weighted by Crippen LogP contribution is 2.78. The summed E-state index contributed by atoms with van der Waals surface area (Å²) < 4.78 is 6.23. The summed E-state index contributed by atoms with van der Waals surface area (Å²) in [6.45, 7) is 24.4. The van der Waals surface area contributed by atoms with Gasteiger partial charge in [0.2, 0.25) is 5.91 Å². The van der Waals surface area contributed by atoms with E-state index in [0.29, 0.717) is 67.8 Å². The Morgan fingerprint density at radius 1 is 0.875 bits per heavy atom. The van der Waals surface area contributed by atoms with E-state index in [1.54, 1.807) is 13.8 Å². The first-order valence-electron chi connectivity index (χ1n) is 19.6. The summed E-state index contributed by atoms with van der Waals surface area (Å²) in [5.74, 6) is 2.78. The van der Waals surface area contributed by atoms with Crippen LogP contribution in [-0.4, -0.2) is 53.5 Å². The average molecular weight is 666 g/mol. The molecule has 10 atom stereocenters. The smallest absolute Gasteiger partial charge is 0.307 e. The number of carbonyl (C=O) groups is 3. The van der Waals surface area contributed by atoms with Crippen molar-refractivity contribution in [1.82, 2.24) is 4.90 Å². The highest BCUT2D eigenvalue weighted by Gasteiger charge is 2.71. The van der Waals surface area contributed by atoms with Crippen molar-refractivity contribution in [2.45, 2.75) is 157 Å². The fraction of sp³-hybridized carbons (Fsp3) is 0.881. The molecule has 6 heteroatoms. The van der Waals surface area contributed by atoms with E-state index in [1.807, 2.05) is 0 Å². The third-order valence-electron chi connectivity index (χ3n) is 16.7. The van der Waals surface area contributed by atoms with Gasteiger partial charge in [-0.3, -0.25) is 9.59 Å². The zero-order chi connectivity index (χ0) is 35.1. The van der Waals surface area contributed by atoms with Crippen molar-refractivity contribution in [3.05, 3.63) is 12.2 Å². The number of fused-ring (bicyclic) bond motifs is 7. The highest BCUT2D eigenvalue weighted by atomic mass is 16.5. The Bertz CT molecular complexity index is 1300. The van der Waals surface area contributed by atoms with Crippen LogP contribution in [0.2, 0.25) is 0 Å². The van der Waals surface area contributed by atoms with Gasteiger partial charge in [0.25, 0.3) is 0 Å². The lowest BCUT2D eigenvalue weighted by Crippen LogP contribution is -2.67. The molecule has 6 rings (SSSR count). The number of allylic oxidation sites excluding steroid dienone is 1. The molecule has 0 spiro atoms. The SMILES string of the molecule is C=C(C)[C@@H]1CC[C@]2(CC(=O)N3CCC(O)CC3)CC[C@]3(C)[C@H](CC[C@@H]4C5(C)CC[C@H](OC(=O)CC(C)(C)C=O)C(C)(C)[C@@H]5CCC43C)[C@@H]12. The number of likely N-dealkylation sites (tertiary alicyclic amines) is 1. The molecule has 0 aromatic heterocycles. The number of hydrogen-bond acceptors (Lipinski definition) is 5. The first-order valence-corrected chi connectivity index (χ1v) is 19.6. The van der Waals surface area contributed by atoms with Gasteiger partial charge in [-0.25, -0.2) is 0 Å². The van der Waals surface area contributed by atoms with Crippen molar-refractivity contribution in [2.75, 3.05) is 13.1 Å². The third kappa shape index (κ3) is 5.56. The second-order valence-electron chi connectivity index (χ2n) is 20.0. The summed E-state index contributed by atoms with van der Waals surface area (Å²) in [7, 11) is 0. The summed E-state index contributed by atoms with van der Waals surface area (Å²) in [6, 6.07) is 0. The van der Waals surface area contributed by atoms with E-state index < -0.39 is 5.41 Å². The number of aldehydes is 1. The van der Waals surface area contributed by atoms with Gasteiger partial charge in [-0.15, -0.1) is 0 Å². The Kier molecular flexibility index (Phi) is 9.20. The van der Waals surface area contributed by atoms with Crippen LogP contribution in [0.15, 0.2) is 12.2 Å². The first kappa shape index (κ1) is 36.1. The molecule has 0 aromatic carbocycles. The molecular weight excluding hydrogens is 598 g/mol. The fourth-order valence-corrected chi connectivity index (χ4v) is 13.9. The molecule has 48 heavy (non-hydrogen) atoms. The van der Waals surface area contributed by atoms with Crippen LogP contribution in [0.1, 0.15) is 145 Å². The van der Waals surface area contributed by atoms with E-state index in [-0.39, 0.29) is 51.7 Å². The number of esters is 1. The molecule has 0 aromatic rings. The number of aliphatic hydroxyl groups is 1. The molecule has 1 saturated heterocycles. The number of carbonyl (C=O) groups excluding carboxylic acids is 3. The maximum Gasteiger partial charge on any atom is 0.307 e. The normalized spacial score (nSPS) is 44.1. The van der Waals surface area contributed by atoms with Crippen molar-refractivity contribution in [2.24, 2.45) is 62.1 Å². The summed E-state index contributed by atoms with van der Waals surface area (Å²) in [5.41, 5.74) is 1.16. The van der Waals surface area contributed by atoms with Crippen LogP contribution in [-0.2, 0) is 19.1 Å². The summed E-state index contributed by atoms with van der Waals surface area (Å²) >= 11 is 0. The van der Waals surface area contributed by atoms with Crippen LogP contribution in [0, 0.1) is 62.1 Å². The Balaban J connectivity index is 1.25. The molecule has 1 amide bonds. The van der Waals surface area contributed by atoms with Gasteiger partial charge in [-0.1, -0.05) is 60.6 Å². The third-order valence-corrected chi connectivity index (χ3v) is 16.7. The average Bonchev–Trinajstić information content (AvgIpc) is 3.38. The van der Waals surface area contributed by atoms with Crippen molar-refractivity contribution in [3.63, 3.8) is 0 Å². The Hall–Kier alpha value is -1.69. The quantitative estimate of drug-likeness (QED) is 0.167. The molecule has 1 N–H and O–H groups in total. The van der Waals surface area contributed by atoms with Gasteiger partial charge >= 0.3 is 5.97 Å². The minimum atomic E-state index is -0.699. The maximum atomic E-state index is 13.9. The zero-order valence-electron chi connectivity index (χ0n) is 31.7. The van der Waals surface area contributed by atoms with Crippen LogP contribution < -0.4 is 0 Å². The highest BCUT2D eigenvalue weighted by molar-refractivity contribution is 5.77. The number of amides is 1. The van der Waals surface area contributed by atoms with E-state index >= 15 is 0 Å². The number of piperidine rings is 1. The van der Waals surface area contributed by atoms with Crippen LogP contribution in [0.5, 0.6) is 0 Å². The minimum Gasteiger partial charge on any atom is -0.462 e. The van der Waals surface area contributed by atoms with Gasteiger partial charge in [-0.2, -0.15) is 0 Å². The largest absolute Gasteiger partial charge is 0.462 e. The second-order valence-corrected chi connectivity index (χ2v) is 20.0. The predicted octanol–water partition coefficient (Wildman–Crippen LogP) is 8.54. The maximum absolute atomic E-state index is 13.9. The lowest BCUT2D eigenvalue weighted by Gasteiger charge is -2.73. The van der Waals surface area contributed by atoms with Crippen molar-refractivity contribution in [3.8, 4) is 0 Å². The van der Waals surface area contributed by atoms with Crippen LogP contribution in [0.3, 0.4) is 0 Å². The Morgan fingerprint density at radius 3 is 2.21 bits per heavy atom. The van der Waals surface area contributed by atoms with Gasteiger partial charge in [0, 0.05) is 30.3 Å². The van der Waals surface area contributed by atoms with E-state index in [2.05, 4.69) is 53.0 Å². The van der Waals surface area contributed by atoms with E-state index in [1.165, 1.54) is 31.3 Å². The molecule has 6 fully saturated rings. The lowest BCUT2D eigenvalue weighted by molar-refractivity contribution is -0.250. The molecule has 5 saturated carbocycles. The molecule has 0 radical (unpaired) electrons. The number of rotatable bonds is 7. The molecular formula is C42H67NO5. The number of ether oxygens (including phenoxy) is 1. The minimum absolute atomic E-state index is 0.0631. The van der Waals surface area contributed by atoms with Crippen LogP contribution in [0.25, 0.3) is 0 Å². The summed E-state index contributed by atoms with van der Waals surface area (Å²) in [5, 5.41) is 10.1. The molecule has 5 aliphatic carbocycles. The van der Waals surface area contributed by atoms with Crippen LogP contribution in [0.4, 0.5) is 0 Å². The van der Waals surface area contributed by atoms with Gasteiger partial charge in [-0.05, 0) is 135 Å². The standard InChI is InChI=1S/C42H67NO5/c1-27(2)29-12-19-42(24-34(46)43-22-15-28(45)16-23-43)21-20-40(8)30(36(29)42)10-11-32-39(7)17-14-33(48-35(47)25-37(3,4)26-44)38(5,6)31(39)13-18-41(32,40)9/h26,28-33,36,45H,1,10-25H2,2-9H3/t29-,30+,31-,32+,33-,36+,39?,40+,41?,42+/m0/s1. The zero-order valence-corrected chi connectivity index (χ0v) is 31.7. The number of hydrogen-bond donors (Lipinski definition) is 1. The molecule has 1 aliphatic heterocycles. The molecule has 2 unspecified atom stereocenters. The molecule has 1 heterocycles. The lowest BCUT2D eigenvalue weighted by atomic mass is 9.32. The summed E-state index contributed by atoms with van der Waals surface area (Å²) in [6.07, 6.45) is 14.2. The van der Waals surface area contributed by atoms with E-state index in [4.69, 9.17) is 4.74 Å². The van der Waals surface area contributed by atoms with Crippen molar-refractivity contribution in [1.29, 1.82) is 0 Å². The van der Waals surface area contributed by atoms with Gasteiger partial charge < -0.3 is 19.5 Å². The number of aliphatic hydroxyl groups excluding tert-OH is 1. The van der Waals surface area contributed by atoms with Crippen molar-refractivity contribution < 1.29 is 24.2 Å². The molecule has 6 aliphatic rings. The fourth-order valence-electron chi connectivity index (χ4n) is 13.9. The predicted molar refractivity (Wildman–Crippen MR) is 190 cm³/mol. The Morgan fingerprint density at radius 2 is 1.56 bits per heavy atom. The van der Waals surface area contributed by atoms with Crippen molar-refractivity contribution >= 4 is 18.2 Å². The van der Waals surface area contributed by atoms with E-state index in [0.717, 1.165) is 44.8 Å². The first-order chi connectivity index (χ1) is 22.3. The van der Waals surface area contributed by atoms with Gasteiger partial charge in [0.05, 0.1) is 12.5 Å². The topological polar surface area (TPSA) is 83.9 Å². The summed E-state index contributed by atoms with van der Waals surface area (Å²) in [4.78, 5) is 40.5. The number of nitrogens with zero attached hydrogens (tertiary/aromatic N) is 1. The molecule has 270 valence electrons.